The standard InChI is InChI=1S/C34H43N7O6/c1-20(2)16-27-34(46)40-14-5-6-29(40)33(45)35-13-15-47-24-10-8-23(9-11-24)17-26(32(44)37-22(4)30(42)39-27)38-31(43)25-18-36-41-19-21(3)7-12-28(25)41/h7-12,18-20,22,26-27,29H,5-6,13-17H2,1-4H3,(H,35,45)(H,37,44)(H,38,43)(H,39,42)/t22-,26+,27+,29-/m1/s1. The Hall–Kier alpha value is -4.94. The molecule has 13 heteroatoms. The molecule has 5 heterocycles. The van der Waals surface area contributed by atoms with Crippen molar-refractivity contribution in [3.8, 4) is 5.75 Å². The Labute approximate surface area is 273 Å². The van der Waals surface area contributed by atoms with Gasteiger partial charge in [0.1, 0.15) is 36.5 Å². The molecule has 0 aliphatic carbocycles. The fourth-order valence-corrected chi connectivity index (χ4v) is 6.00. The summed E-state index contributed by atoms with van der Waals surface area (Å²) in [5.74, 6) is -1.54. The van der Waals surface area contributed by atoms with Gasteiger partial charge < -0.3 is 30.9 Å². The molecule has 2 aromatic heterocycles. The maximum atomic E-state index is 13.7. The first-order valence-corrected chi connectivity index (χ1v) is 16.2. The summed E-state index contributed by atoms with van der Waals surface area (Å²) in [4.78, 5) is 68.9. The number of ether oxygens (including phenoxy) is 1. The van der Waals surface area contributed by atoms with Crippen LogP contribution in [0, 0.1) is 12.8 Å². The molecule has 1 fully saturated rings. The predicted octanol–water partition coefficient (Wildman–Crippen LogP) is 1.52. The van der Waals surface area contributed by atoms with Gasteiger partial charge in [0.05, 0.1) is 23.8 Å². The highest BCUT2D eigenvalue weighted by Crippen LogP contribution is 2.21. The van der Waals surface area contributed by atoms with Crippen LogP contribution >= 0.6 is 0 Å². The molecule has 13 nitrogen and oxygen atoms in total. The number of hydrogen-bond acceptors (Lipinski definition) is 7. The number of benzene rings is 1. The number of nitrogens with zero attached hydrogens (tertiary/aromatic N) is 3. The van der Waals surface area contributed by atoms with E-state index in [1.165, 1.54) is 18.0 Å². The van der Waals surface area contributed by atoms with Gasteiger partial charge in [-0.2, -0.15) is 5.10 Å². The SMILES string of the molecule is Cc1ccc2c(C(=O)N[C@H]3Cc4ccc(cc4)OCCNC(=O)[C@H]4CCCN4C(=O)[C@H](CC(C)C)NC(=O)[C@@H](C)NC3=O)cnn2c1. The Bertz CT molecular complexity index is 1640. The lowest BCUT2D eigenvalue weighted by Crippen LogP contribution is -2.58. The van der Waals surface area contributed by atoms with E-state index in [1.807, 2.05) is 26.8 Å². The van der Waals surface area contributed by atoms with Crippen LogP contribution in [0.2, 0.25) is 0 Å². The number of carbonyl (C=O) groups is 5. The molecule has 1 aromatic carbocycles. The minimum absolute atomic E-state index is 0.0706. The molecule has 6 rings (SSSR count). The second kappa shape index (κ2) is 14.7. The van der Waals surface area contributed by atoms with Gasteiger partial charge in [0.15, 0.2) is 0 Å². The lowest BCUT2D eigenvalue weighted by Gasteiger charge is -2.30. The van der Waals surface area contributed by atoms with Crippen LogP contribution in [0.4, 0.5) is 0 Å². The Morgan fingerprint density at radius 2 is 1.81 bits per heavy atom. The Morgan fingerprint density at radius 3 is 2.55 bits per heavy atom. The largest absolute Gasteiger partial charge is 0.492 e. The molecule has 5 amide bonds. The third-order valence-corrected chi connectivity index (χ3v) is 8.48. The van der Waals surface area contributed by atoms with E-state index in [1.54, 1.807) is 41.0 Å². The zero-order valence-corrected chi connectivity index (χ0v) is 27.2. The normalized spacial score (nSPS) is 23.1. The van der Waals surface area contributed by atoms with Crippen LogP contribution in [0.15, 0.2) is 48.8 Å². The van der Waals surface area contributed by atoms with Gasteiger partial charge in [0, 0.05) is 19.2 Å². The van der Waals surface area contributed by atoms with E-state index in [-0.39, 0.29) is 37.3 Å². The minimum Gasteiger partial charge on any atom is -0.492 e. The molecular formula is C34H43N7O6. The smallest absolute Gasteiger partial charge is 0.255 e. The van der Waals surface area contributed by atoms with Crippen LogP contribution in [0.25, 0.3) is 5.52 Å². The van der Waals surface area contributed by atoms with Gasteiger partial charge in [-0.3, -0.25) is 24.0 Å². The van der Waals surface area contributed by atoms with Gasteiger partial charge in [0.2, 0.25) is 23.6 Å². The number of nitrogens with one attached hydrogen (secondary N) is 4. The van der Waals surface area contributed by atoms with Crippen LogP contribution in [-0.2, 0) is 25.6 Å². The van der Waals surface area contributed by atoms with Crippen LogP contribution in [-0.4, -0.2) is 87.9 Å². The van der Waals surface area contributed by atoms with Crippen molar-refractivity contribution in [1.29, 1.82) is 0 Å². The number of aryl methyl sites for hydroxylation is 1. The molecule has 0 spiro atoms. The highest BCUT2D eigenvalue weighted by Gasteiger charge is 2.38. The molecule has 250 valence electrons. The topological polar surface area (TPSA) is 163 Å². The fraction of sp³-hybridized carbons (Fsp3) is 0.471. The molecule has 2 bridgehead atoms. The van der Waals surface area contributed by atoms with E-state index >= 15 is 0 Å². The van der Waals surface area contributed by atoms with Crippen molar-refractivity contribution in [2.75, 3.05) is 19.7 Å². The van der Waals surface area contributed by atoms with E-state index < -0.39 is 41.9 Å². The summed E-state index contributed by atoms with van der Waals surface area (Å²) in [7, 11) is 0. The molecule has 0 unspecified atom stereocenters. The van der Waals surface area contributed by atoms with E-state index in [9.17, 15) is 24.0 Å². The van der Waals surface area contributed by atoms with Gasteiger partial charge in [-0.05, 0) is 68.4 Å². The third-order valence-electron chi connectivity index (χ3n) is 8.48. The molecule has 3 aliphatic rings. The zero-order chi connectivity index (χ0) is 33.7. The number of rotatable bonds is 4. The predicted molar refractivity (Wildman–Crippen MR) is 174 cm³/mol. The number of amides is 5. The number of aromatic nitrogens is 2. The van der Waals surface area contributed by atoms with Crippen molar-refractivity contribution in [3.05, 3.63) is 65.5 Å². The maximum Gasteiger partial charge on any atom is 0.255 e. The van der Waals surface area contributed by atoms with E-state index in [0.29, 0.717) is 42.6 Å². The van der Waals surface area contributed by atoms with Crippen LogP contribution in [0.5, 0.6) is 5.75 Å². The Kier molecular flexibility index (Phi) is 10.4. The van der Waals surface area contributed by atoms with Crippen molar-refractivity contribution in [2.24, 2.45) is 5.92 Å². The average Bonchev–Trinajstić information content (AvgIpc) is 3.69. The Balaban J connectivity index is 1.40. The lowest BCUT2D eigenvalue weighted by atomic mass is 10.0. The highest BCUT2D eigenvalue weighted by molar-refractivity contribution is 6.03. The van der Waals surface area contributed by atoms with Gasteiger partial charge in [0.25, 0.3) is 5.91 Å². The number of fused-ring (bicyclic) bond motifs is 15. The quantitative estimate of drug-likeness (QED) is 0.334. The van der Waals surface area contributed by atoms with Gasteiger partial charge in [-0.15, -0.1) is 0 Å². The fourth-order valence-electron chi connectivity index (χ4n) is 6.00. The summed E-state index contributed by atoms with van der Waals surface area (Å²) in [5.41, 5.74) is 2.62. The summed E-state index contributed by atoms with van der Waals surface area (Å²) in [6, 6.07) is 7.18. The first-order chi connectivity index (χ1) is 22.5. The second-order valence-electron chi connectivity index (χ2n) is 12.7. The molecular weight excluding hydrogens is 602 g/mol. The summed E-state index contributed by atoms with van der Waals surface area (Å²) >= 11 is 0. The molecule has 4 N–H and O–H groups in total. The van der Waals surface area contributed by atoms with E-state index in [0.717, 1.165) is 11.1 Å². The monoisotopic (exact) mass is 645 g/mol. The second-order valence-corrected chi connectivity index (χ2v) is 12.7. The van der Waals surface area contributed by atoms with Crippen LogP contribution in [0.1, 0.15) is 61.5 Å². The van der Waals surface area contributed by atoms with Crippen LogP contribution in [0.3, 0.4) is 0 Å². The van der Waals surface area contributed by atoms with E-state index in [4.69, 9.17) is 4.74 Å². The van der Waals surface area contributed by atoms with Crippen molar-refractivity contribution in [2.45, 2.75) is 77.5 Å². The molecule has 0 radical (unpaired) electrons. The first-order valence-electron chi connectivity index (χ1n) is 16.2. The summed E-state index contributed by atoms with van der Waals surface area (Å²) < 4.78 is 7.42. The minimum atomic E-state index is -1.04. The summed E-state index contributed by atoms with van der Waals surface area (Å²) in [6.45, 7) is 8.22. The zero-order valence-electron chi connectivity index (χ0n) is 27.2. The molecule has 1 saturated heterocycles. The summed E-state index contributed by atoms with van der Waals surface area (Å²) in [5, 5.41) is 15.5. The Morgan fingerprint density at radius 1 is 1.04 bits per heavy atom. The lowest BCUT2D eigenvalue weighted by molar-refractivity contribution is -0.142. The average molecular weight is 646 g/mol. The van der Waals surface area contributed by atoms with Gasteiger partial charge in [-0.1, -0.05) is 32.0 Å². The first kappa shape index (κ1) is 33.4. The molecule has 3 aromatic rings. The number of hydrogen-bond donors (Lipinski definition) is 4. The number of carbonyl (C=O) groups excluding carboxylic acids is 5. The molecule has 3 aliphatic heterocycles. The van der Waals surface area contributed by atoms with Gasteiger partial charge in [-0.25, -0.2) is 4.52 Å². The van der Waals surface area contributed by atoms with Crippen molar-refractivity contribution in [1.82, 2.24) is 35.8 Å². The van der Waals surface area contributed by atoms with Gasteiger partial charge >= 0.3 is 0 Å². The van der Waals surface area contributed by atoms with Crippen molar-refractivity contribution in [3.63, 3.8) is 0 Å². The van der Waals surface area contributed by atoms with Crippen molar-refractivity contribution >= 4 is 35.1 Å². The molecule has 47 heavy (non-hydrogen) atoms. The maximum absolute atomic E-state index is 13.7. The van der Waals surface area contributed by atoms with E-state index in [2.05, 4.69) is 26.4 Å². The van der Waals surface area contributed by atoms with Crippen LogP contribution < -0.4 is 26.0 Å². The highest BCUT2D eigenvalue weighted by atomic mass is 16.5. The summed E-state index contributed by atoms with van der Waals surface area (Å²) in [6.07, 6.45) is 4.94. The third kappa shape index (κ3) is 8.08. The number of pyridine rings is 1. The molecule has 4 atom stereocenters. The van der Waals surface area contributed by atoms with Crippen molar-refractivity contribution < 1.29 is 28.7 Å². The molecule has 0 saturated carbocycles.